The van der Waals surface area contributed by atoms with Crippen molar-refractivity contribution >= 4 is 17.5 Å². The van der Waals surface area contributed by atoms with Crippen LogP contribution in [0.25, 0.3) is 0 Å². The van der Waals surface area contributed by atoms with Gasteiger partial charge in [-0.3, -0.25) is 9.59 Å². The second-order valence-electron chi connectivity index (χ2n) is 2.54. The van der Waals surface area contributed by atoms with Gasteiger partial charge in [0.05, 0.1) is 0 Å². The summed E-state index contributed by atoms with van der Waals surface area (Å²) in [6.45, 7) is 0. The van der Waals surface area contributed by atoms with E-state index in [1.807, 2.05) is 0 Å². The van der Waals surface area contributed by atoms with Crippen molar-refractivity contribution in [2.24, 2.45) is 0 Å². The largest absolute Gasteiger partial charge is 0.351 e. The normalized spacial score (nSPS) is 9.29. The number of amides is 2. The zero-order valence-corrected chi connectivity index (χ0v) is 7.50. The summed E-state index contributed by atoms with van der Waals surface area (Å²) in [5, 5.41) is 4.40. The lowest BCUT2D eigenvalue weighted by Crippen LogP contribution is -2.32. The summed E-state index contributed by atoms with van der Waals surface area (Å²) in [6, 6.07) is 5.30. The summed E-state index contributed by atoms with van der Waals surface area (Å²) in [7, 11) is 1.34. The van der Waals surface area contributed by atoms with Crippen molar-refractivity contribution < 1.29 is 14.0 Å². The van der Waals surface area contributed by atoms with E-state index in [0.717, 1.165) is 6.07 Å². The highest BCUT2D eigenvalue weighted by Crippen LogP contribution is 2.08. The summed E-state index contributed by atoms with van der Waals surface area (Å²) in [6.07, 6.45) is 0. The van der Waals surface area contributed by atoms with Gasteiger partial charge in [0.25, 0.3) is 0 Å². The number of nitrogens with one attached hydrogen (secondary N) is 2. The second-order valence-corrected chi connectivity index (χ2v) is 2.54. The van der Waals surface area contributed by atoms with Gasteiger partial charge in [0.15, 0.2) is 0 Å². The Labute approximate surface area is 80.1 Å². The summed E-state index contributed by atoms with van der Waals surface area (Å²) in [5.41, 5.74) is 0.249. The Morgan fingerprint density at radius 3 is 2.57 bits per heavy atom. The average Bonchev–Trinajstić information content (AvgIpc) is 2.16. The first-order valence-corrected chi connectivity index (χ1v) is 3.92. The molecule has 74 valence electrons. The molecule has 0 saturated heterocycles. The summed E-state index contributed by atoms with van der Waals surface area (Å²) < 4.78 is 12.6. The van der Waals surface area contributed by atoms with Crippen molar-refractivity contribution in [2.45, 2.75) is 0 Å². The van der Waals surface area contributed by atoms with E-state index in [4.69, 9.17) is 0 Å². The molecule has 1 rings (SSSR count). The third kappa shape index (κ3) is 2.55. The third-order valence-corrected chi connectivity index (χ3v) is 1.52. The van der Waals surface area contributed by atoms with E-state index in [-0.39, 0.29) is 5.69 Å². The van der Waals surface area contributed by atoms with Gasteiger partial charge in [0.2, 0.25) is 0 Å². The molecule has 0 aromatic heterocycles. The first-order valence-electron chi connectivity index (χ1n) is 3.92. The van der Waals surface area contributed by atoms with Gasteiger partial charge in [-0.2, -0.15) is 0 Å². The van der Waals surface area contributed by atoms with Crippen LogP contribution in [-0.2, 0) is 9.59 Å². The number of hydrogen-bond acceptors (Lipinski definition) is 2. The Morgan fingerprint density at radius 2 is 2.00 bits per heavy atom. The Balaban J connectivity index is 2.70. The fourth-order valence-corrected chi connectivity index (χ4v) is 0.868. The molecule has 0 aliphatic carbocycles. The number of likely N-dealkylation sites (N-methyl/N-ethyl adjacent to an activating group) is 1. The lowest BCUT2D eigenvalue weighted by atomic mass is 10.3. The molecule has 0 bridgehead atoms. The SMILES string of the molecule is CNC(=O)C(=O)Nc1cccc(F)c1. The molecule has 4 nitrogen and oxygen atoms in total. The van der Waals surface area contributed by atoms with Crippen LogP contribution >= 0.6 is 0 Å². The number of carbonyl (C=O) groups excluding carboxylic acids is 2. The van der Waals surface area contributed by atoms with E-state index in [1.54, 1.807) is 0 Å². The van der Waals surface area contributed by atoms with Gasteiger partial charge >= 0.3 is 11.8 Å². The van der Waals surface area contributed by atoms with Crippen LogP contribution in [0.1, 0.15) is 0 Å². The highest BCUT2D eigenvalue weighted by molar-refractivity contribution is 6.39. The van der Waals surface area contributed by atoms with Crippen LogP contribution in [0.15, 0.2) is 24.3 Å². The highest BCUT2D eigenvalue weighted by Gasteiger charge is 2.10. The lowest BCUT2D eigenvalue weighted by molar-refractivity contribution is -0.135. The highest BCUT2D eigenvalue weighted by atomic mass is 19.1. The molecule has 0 saturated carbocycles. The van der Waals surface area contributed by atoms with Crippen LogP contribution in [0.4, 0.5) is 10.1 Å². The van der Waals surface area contributed by atoms with Crippen molar-refractivity contribution in [3.05, 3.63) is 30.1 Å². The topological polar surface area (TPSA) is 58.2 Å². The summed E-state index contributed by atoms with van der Waals surface area (Å²) >= 11 is 0. The molecule has 0 unspecified atom stereocenters. The fourth-order valence-electron chi connectivity index (χ4n) is 0.868. The maximum Gasteiger partial charge on any atom is 0.313 e. The minimum Gasteiger partial charge on any atom is -0.351 e. The molecule has 0 aliphatic heterocycles. The maximum atomic E-state index is 12.6. The zero-order chi connectivity index (χ0) is 10.6. The molecular weight excluding hydrogens is 187 g/mol. The van der Waals surface area contributed by atoms with E-state index in [1.165, 1.54) is 25.2 Å². The number of anilines is 1. The van der Waals surface area contributed by atoms with Gasteiger partial charge in [-0.15, -0.1) is 0 Å². The minimum absolute atomic E-state index is 0.249. The Bertz CT molecular complexity index is 366. The molecule has 14 heavy (non-hydrogen) atoms. The van der Waals surface area contributed by atoms with E-state index in [0.29, 0.717) is 0 Å². The molecule has 0 aliphatic rings. The number of carbonyl (C=O) groups is 2. The Hall–Kier alpha value is -1.91. The average molecular weight is 196 g/mol. The Kier molecular flexibility index (Phi) is 3.17. The molecule has 0 radical (unpaired) electrons. The predicted octanol–water partition coefficient (Wildman–Crippen LogP) is 0.510. The monoisotopic (exact) mass is 196 g/mol. The second kappa shape index (κ2) is 4.36. The zero-order valence-electron chi connectivity index (χ0n) is 7.50. The van der Waals surface area contributed by atoms with E-state index < -0.39 is 17.6 Å². The van der Waals surface area contributed by atoms with Crippen LogP contribution in [0.3, 0.4) is 0 Å². The van der Waals surface area contributed by atoms with Crippen LogP contribution in [0.5, 0.6) is 0 Å². The molecular formula is C9H9FN2O2. The molecule has 5 heteroatoms. The third-order valence-electron chi connectivity index (χ3n) is 1.52. The van der Waals surface area contributed by atoms with Crippen molar-refractivity contribution in [1.82, 2.24) is 5.32 Å². The van der Waals surface area contributed by atoms with Crippen LogP contribution < -0.4 is 10.6 Å². The summed E-state index contributed by atoms with van der Waals surface area (Å²) in [4.78, 5) is 21.8. The van der Waals surface area contributed by atoms with E-state index in [2.05, 4.69) is 10.6 Å². The lowest BCUT2D eigenvalue weighted by Gasteiger charge is -2.03. The van der Waals surface area contributed by atoms with E-state index in [9.17, 15) is 14.0 Å². The molecule has 0 atom stereocenters. The Morgan fingerprint density at radius 1 is 1.29 bits per heavy atom. The molecule has 0 fully saturated rings. The van der Waals surface area contributed by atoms with Crippen molar-refractivity contribution in [1.29, 1.82) is 0 Å². The van der Waals surface area contributed by atoms with Crippen LogP contribution in [-0.4, -0.2) is 18.9 Å². The standard InChI is InChI=1S/C9H9FN2O2/c1-11-8(13)9(14)12-7-4-2-3-6(10)5-7/h2-5H,1H3,(H,11,13)(H,12,14). The minimum atomic E-state index is -0.821. The molecule has 0 spiro atoms. The number of hydrogen-bond donors (Lipinski definition) is 2. The molecule has 1 aromatic carbocycles. The van der Waals surface area contributed by atoms with Gasteiger partial charge < -0.3 is 10.6 Å². The first kappa shape index (κ1) is 10.2. The number of rotatable bonds is 1. The summed E-state index contributed by atoms with van der Waals surface area (Å²) in [5.74, 6) is -2.06. The first-order chi connectivity index (χ1) is 6.63. The molecule has 1 aromatic rings. The van der Waals surface area contributed by atoms with Gasteiger partial charge in [0, 0.05) is 12.7 Å². The quantitative estimate of drug-likeness (QED) is 0.643. The molecule has 2 N–H and O–H groups in total. The fraction of sp³-hybridized carbons (Fsp3) is 0.111. The van der Waals surface area contributed by atoms with Crippen LogP contribution in [0.2, 0.25) is 0 Å². The maximum absolute atomic E-state index is 12.6. The van der Waals surface area contributed by atoms with Gasteiger partial charge in [-0.05, 0) is 18.2 Å². The number of benzene rings is 1. The van der Waals surface area contributed by atoms with Gasteiger partial charge in [-0.1, -0.05) is 6.07 Å². The van der Waals surface area contributed by atoms with Crippen molar-refractivity contribution in [3.8, 4) is 0 Å². The molecule has 2 amide bonds. The van der Waals surface area contributed by atoms with Gasteiger partial charge in [-0.25, -0.2) is 4.39 Å². The number of halogens is 1. The van der Waals surface area contributed by atoms with E-state index >= 15 is 0 Å². The molecule has 0 heterocycles. The van der Waals surface area contributed by atoms with Crippen LogP contribution in [0, 0.1) is 5.82 Å². The predicted molar refractivity (Wildman–Crippen MR) is 49.1 cm³/mol. The van der Waals surface area contributed by atoms with Gasteiger partial charge in [0.1, 0.15) is 5.82 Å². The van der Waals surface area contributed by atoms with Crippen molar-refractivity contribution in [2.75, 3.05) is 12.4 Å². The smallest absolute Gasteiger partial charge is 0.313 e. The van der Waals surface area contributed by atoms with Crippen molar-refractivity contribution in [3.63, 3.8) is 0 Å².